The molecule has 0 spiro atoms. The van der Waals surface area contributed by atoms with E-state index in [9.17, 15) is 9.90 Å². The minimum Gasteiger partial charge on any atom is -0.493 e. The van der Waals surface area contributed by atoms with Gasteiger partial charge in [-0.3, -0.25) is 4.79 Å². The second-order valence-electron chi connectivity index (χ2n) is 3.97. The first kappa shape index (κ1) is 13.5. The van der Waals surface area contributed by atoms with Crippen molar-refractivity contribution in [1.29, 1.82) is 0 Å². The Bertz CT molecular complexity index is 388. The summed E-state index contributed by atoms with van der Waals surface area (Å²) >= 11 is 0. The molecule has 0 radical (unpaired) electrons. The van der Waals surface area contributed by atoms with Crippen LogP contribution in [-0.4, -0.2) is 24.7 Å². The third-order valence-corrected chi connectivity index (χ3v) is 2.55. The highest BCUT2D eigenvalue weighted by Gasteiger charge is 2.05. The fourth-order valence-electron chi connectivity index (χ4n) is 1.47. The molecule has 2 N–H and O–H groups in total. The maximum atomic E-state index is 11.0. The monoisotopic (exact) mass is 237 g/mol. The van der Waals surface area contributed by atoms with Crippen molar-refractivity contribution in [3.05, 3.63) is 29.3 Å². The Hall–Kier alpha value is -1.55. The molecule has 4 nitrogen and oxygen atoms in total. The number of aliphatic hydroxyl groups is 1. The highest BCUT2D eigenvalue weighted by Crippen LogP contribution is 2.22. The number of amides is 1. The van der Waals surface area contributed by atoms with Crippen LogP contribution in [0.4, 0.5) is 0 Å². The molecule has 0 saturated carbocycles. The van der Waals surface area contributed by atoms with Crippen molar-refractivity contribution in [2.45, 2.75) is 26.4 Å². The van der Waals surface area contributed by atoms with Gasteiger partial charge in [-0.1, -0.05) is 6.07 Å². The van der Waals surface area contributed by atoms with Crippen molar-refractivity contribution < 1.29 is 14.6 Å². The molecule has 1 aromatic rings. The minimum atomic E-state index is -0.478. The standard InChI is InChI=1S/C13H19NO3/c1-9-8-11(10(2)15)4-5-12(9)17-7-6-13(16)14-3/h4-5,8,10,15H,6-7H2,1-3H3,(H,14,16). The molecule has 1 atom stereocenters. The van der Waals surface area contributed by atoms with Gasteiger partial charge in [0.25, 0.3) is 0 Å². The summed E-state index contributed by atoms with van der Waals surface area (Å²) in [6, 6.07) is 5.54. The van der Waals surface area contributed by atoms with Crippen LogP contribution in [0.3, 0.4) is 0 Å². The van der Waals surface area contributed by atoms with E-state index in [1.54, 1.807) is 14.0 Å². The molecule has 1 aromatic carbocycles. The second kappa shape index (κ2) is 6.25. The van der Waals surface area contributed by atoms with Gasteiger partial charge in [-0.25, -0.2) is 0 Å². The number of carbonyl (C=O) groups excluding carboxylic acids is 1. The van der Waals surface area contributed by atoms with Gasteiger partial charge in [-0.2, -0.15) is 0 Å². The quantitative estimate of drug-likeness (QED) is 0.817. The van der Waals surface area contributed by atoms with Crippen LogP contribution >= 0.6 is 0 Å². The first-order chi connectivity index (χ1) is 8.04. The summed E-state index contributed by atoms with van der Waals surface area (Å²) < 4.78 is 5.50. The van der Waals surface area contributed by atoms with Crippen LogP contribution in [0.25, 0.3) is 0 Å². The molecule has 17 heavy (non-hydrogen) atoms. The van der Waals surface area contributed by atoms with Gasteiger partial charge in [0.15, 0.2) is 0 Å². The number of rotatable bonds is 5. The molecule has 1 amide bonds. The number of hydrogen-bond acceptors (Lipinski definition) is 3. The lowest BCUT2D eigenvalue weighted by molar-refractivity contribution is -0.121. The molecule has 0 saturated heterocycles. The van der Waals surface area contributed by atoms with E-state index >= 15 is 0 Å². The van der Waals surface area contributed by atoms with E-state index < -0.39 is 6.10 Å². The Morgan fingerprint density at radius 1 is 1.53 bits per heavy atom. The average Bonchev–Trinajstić information content (AvgIpc) is 2.30. The summed E-state index contributed by atoms with van der Waals surface area (Å²) in [4.78, 5) is 11.0. The Morgan fingerprint density at radius 3 is 2.76 bits per heavy atom. The lowest BCUT2D eigenvalue weighted by atomic mass is 10.1. The highest BCUT2D eigenvalue weighted by molar-refractivity contribution is 5.75. The van der Waals surface area contributed by atoms with Crippen molar-refractivity contribution in [2.75, 3.05) is 13.7 Å². The number of ether oxygens (including phenoxy) is 1. The van der Waals surface area contributed by atoms with Gasteiger partial charge in [0, 0.05) is 7.05 Å². The normalized spacial score (nSPS) is 12.0. The van der Waals surface area contributed by atoms with Crippen LogP contribution in [0, 0.1) is 6.92 Å². The third kappa shape index (κ3) is 4.07. The van der Waals surface area contributed by atoms with Gasteiger partial charge in [-0.15, -0.1) is 0 Å². The number of nitrogens with one attached hydrogen (secondary N) is 1. The van der Waals surface area contributed by atoms with Crippen LogP contribution in [-0.2, 0) is 4.79 Å². The lowest BCUT2D eigenvalue weighted by Gasteiger charge is -2.11. The zero-order valence-electron chi connectivity index (χ0n) is 10.5. The molecule has 0 aliphatic rings. The SMILES string of the molecule is CNC(=O)CCOc1ccc(C(C)O)cc1C. The van der Waals surface area contributed by atoms with E-state index in [0.29, 0.717) is 13.0 Å². The van der Waals surface area contributed by atoms with Gasteiger partial charge in [-0.05, 0) is 37.1 Å². The number of aryl methyl sites for hydroxylation is 1. The zero-order valence-corrected chi connectivity index (χ0v) is 10.5. The van der Waals surface area contributed by atoms with Crippen molar-refractivity contribution in [1.82, 2.24) is 5.32 Å². The Morgan fingerprint density at radius 2 is 2.24 bits per heavy atom. The highest BCUT2D eigenvalue weighted by atomic mass is 16.5. The van der Waals surface area contributed by atoms with E-state index in [1.807, 2.05) is 25.1 Å². The van der Waals surface area contributed by atoms with E-state index in [0.717, 1.165) is 16.9 Å². The summed E-state index contributed by atoms with van der Waals surface area (Å²) in [5, 5.41) is 12.0. The van der Waals surface area contributed by atoms with Crippen LogP contribution in [0.5, 0.6) is 5.75 Å². The topological polar surface area (TPSA) is 58.6 Å². The second-order valence-corrected chi connectivity index (χ2v) is 3.97. The fraction of sp³-hybridized carbons (Fsp3) is 0.462. The molecule has 94 valence electrons. The van der Waals surface area contributed by atoms with Crippen molar-refractivity contribution >= 4 is 5.91 Å². The van der Waals surface area contributed by atoms with E-state index in [4.69, 9.17) is 4.74 Å². The largest absolute Gasteiger partial charge is 0.493 e. The molecular weight excluding hydrogens is 218 g/mol. The number of aliphatic hydroxyl groups excluding tert-OH is 1. The van der Waals surface area contributed by atoms with E-state index in [2.05, 4.69) is 5.32 Å². The van der Waals surface area contributed by atoms with Crippen molar-refractivity contribution in [3.8, 4) is 5.75 Å². The van der Waals surface area contributed by atoms with E-state index in [1.165, 1.54) is 0 Å². The van der Waals surface area contributed by atoms with Crippen LogP contribution in [0.2, 0.25) is 0 Å². The van der Waals surface area contributed by atoms with E-state index in [-0.39, 0.29) is 5.91 Å². The van der Waals surface area contributed by atoms with Crippen molar-refractivity contribution in [3.63, 3.8) is 0 Å². The molecule has 1 unspecified atom stereocenters. The van der Waals surface area contributed by atoms with Gasteiger partial charge in [0.05, 0.1) is 19.1 Å². The van der Waals surface area contributed by atoms with Crippen LogP contribution < -0.4 is 10.1 Å². The number of carbonyl (C=O) groups is 1. The summed E-state index contributed by atoms with van der Waals surface area (Å²) in [6.45, 7) is 4.00. The molecular formula is C13H19NO3. The molecule has 4 heteroatoms. The fourth-order valence-corrected chi connectivity index (χ4v) is 1.47. The summed E-state index contributed by atoms with van der Waals surface area (Å²) in [5.74, 6) is 0.710. The molecule has 0 aromatic heterocycles. The molecule has 0 heterocycles. The summed E-state index contributed by atoms with van der Waals surface area (Å²) in [5.41, 5.74) is 1.82. The Kier molecular flexibility index (Phi) is 4.97. The van der Waals surface area contributed by atoms with Crippen LogP contribution in [0.1, 0.15) is 30.6 Å². The molecule has 0 aliphatic heterocycles. The first-order valence-corrected chi connectivity index (χ1v) is 5.66. The molecule has 0 fully saturated rings. The van der Waals surface area contributed by atoms with Crippen molar-refractivity contribution in [2.24, 2.45) is 0 Å². The number of benzene rings is 1. The lowest BCUT2D eigenvalue weighted by Crippen LogP contribution is -2.20. The third-order valence-electron chi connectivity index (χ3n) is 2.55. The molecule has 1 rings (SSSR count). The summed E-state index contributed by atoms with van der Waals surface area (Å²) in [6.07, 6.45) is -0.137. The van der Waals surface area contributed by atoms with Gasteiger partial charge in [0.1, 0.15) is 5.75 Å². The van der Waals surface area contributed by atoms with Gasteiger partial charge < -0.3 is 15.2 Å². The summed E-state index contributed by atoms with van der Waals surface area (Å²) in [7, 11) is 1.60. The van der Waals surface area contributed by atoms with Crippen LogP contribution in [0.15, 0.2) is 18.2 Å². The maximum Gasteiger partial charge on any atom is 0.223 e. The predicted octanol–water partition coefficient (Wildman–Crippen LogP) is 1.56. The Balaban J connectivity index is 2.57. The molecule has 0 aliphatic carbocycles. The Labute approximate surface area is 102 Å². The zero-order chi connectivity index (χ0) is 12.8. The first-order valence-electron chi connectivity index (χ1n) is 5.66. The maximum absolute atomic E-state index is 11.0. The molecule has 0 bridgehead atoms. The average molecular weight is 237 g/mol. The minimum absolute atomic E-state index is 0.0387. The predicted molar refractivity (Wildman–Crippen MR) is 66.0 cm³/mol. The van der Waals surface area contributed by atoms with Gasteiger partial charge in [0.2, 0.25) is 5.91 Å². The smallest absolute Gasteiger partial charge is 0.223 e. The number of hydrogen-bond donors (Lipinski definition) is 2. The van der Waals surface area contributed by atoms with Gasteiger partial charge >= 0.3 is 0 Å².